The van der Waals surface area contributed by atoms with Gasteiger partial charge in [0.05, 0.1) is 11.9 Å². The number of hydrogen-bond acceptors (Lipinski definition) is 3. The molecule has 0 saturated heterocycles. The first-order valence-electron chi connectivity index (χ1n) is 4.37. The highest BCUT2D eigenvalue weighted by Gasteiger charge is 2.14. The highest BCUT2D eigenvalue weighted by Crippen LogP contribution is 2.20. The second-order valence-corrected chi connectivity index (χ2v) is 3.18. The van der Waals surface area contributed by atoms with Gasteiger partial charge in [-0.25, -0.2) is 10.0 Å². The smallest absolute Gasteiger partial charge is 0.136 e. The van der Waals surface area contributed by atoms with Gasteiger partial charge in [0.25, 0.3) is 0 Å². The van der Waals surface area contributed by atoms with E-state index in [1.807, 2.05) is 18.0 Å². The summed E-state index contributed by atoms with van der Waals surface area (Å²) in [6.45, 7) is 10.1. The molecule has 0 radical (unpaired) electrons. The molecule has 0 N–H and O–H groups in total. The van der Waals surface area contributed by atoms with E-state index in [-0.39, 0.29) is 0 Å². The van der Waals surface area contributed by atoms with Gasteiger partial charge in [-0.3, -0.25) is 0 Å². The van der Waals surface area contributed by atoms with E-state index in [0.29, 0.717) is 5.92 Å². The minimum Gasteiger partial charge on any atom is -0.241 e. The van der Waals surface area contributed by atoms with Gasteiger partial charge in [0.1, 0.15) is 6.34 Å². The van der Waals surface area contributed by atoms with Crippen LogP contribution in [0.4, 0.5) is 0 Å². The molecule has 3 nitrogen and oxygen atoms in total. The van der Waals surface area contributed by atoms with Crippen LogP contribution in [0.15, 0.2) is 34.1 Å². The molecule has 1 aliphatic heterocycles. The maximum Gasteiger partial charge on any atom is 0.136 e. The van der Waals surface area contributed by atoms with Crippen molar-refractivity contribution in [3.8, 4) is 0 Å². The van der Waals surface area contributed by atoms with Gasteiger partial charge in [-0.05, 0) is 12.8 Å². The molecule has 13 heavy (non-hydrogen) atoms. The monoisotopic (exact) mass is 177 g/mol. The first-order valence-corrected chi connectivity index (χ1v) is 4.37. The Hall–Kier alpha value is -1.38. The van der Waals surface area contributed by atoms with Crippen LogP contribution in [0, 0.1) is 5.92 Å². The normalized spacial score (nSPS) is 17.4. The summed E-state index contributed by atoms with van der Waals surface area (Å²) in [5.41, 5.74) is 1.96. The fourth-order valence-electron chi connectivity index (χ4n) is 1.26. The molecule has 0 bridgehead atoms. The fourth-order valence-corrected chi connectivity index (χ4v) is 1.26. The van der Waals surface area contributed by atoms with Gasteiger partial charge in [0.2, 0.25) is 0 Å². The Balaban J connectivity index is 2.88. The first kappa shape index (κ1) is 9.71. The number of aliphatic imine (C=N–C) groups is 1. The van der Waals surface area contributed by atoms with Crippen LogP contribution in [-0.4, -0.2) is 17.6 Å². The average Bonchev–Trinajstić information content (AvgIpc) is 2.09. The van der Waals surface area contributed by atoms with E-state index >= 15 is 0 Å². The lowest BCUT2D eigenvalue weighted by Crippen LogP contribution is -2.22. The molecule has 0 spiro atoms. The molecule has 0 fully saturated rings. The summed E-state index contributed by atoms with van der Waals surface area (Å²) in [5, 5.41) is 5.96. The molecular weight excluding hydrogens is 162 g/mol. The molecular formula is C10H15N3. The lowest BCUT2D eigenvalue weighted by atomic mass is 10.1. The molecule has 1 heterocycles. The largest absolute Gasteiger partial charge is 0.241 e. The van der Waals surface area contributed by atoms with Crippen molar-refractivity contribution < 1.29 is 0 Å². The quantitative estimate of drug-likeness (QED) is 0.636. The summed E-state index contributed by atoms with van der Waals surface area (Å²) >= 11 is 0. The molecule has 0 unspecified atom stereocenters. The molecule has 0 saturated carbocycles. The third-order valence-corrected chi connectivity index (χ3v) is 1.86. The number of hydrogen-bond donors (Lipinski definition) is 0. The summed E-state index contributed by atoms with van der Waals surface area (Å²) in [5.74, 6) is 0.436. The summed E-state index contributed by atoms with van der Waals surface area (Å²) in [6.07, 6.45) is 5.28. The van der Waals surface area contributed by atoms with Gasteiger partial charge < -0.3 is 0 Å². The van der Waals surface area contributed by atoms with Crippen LogP contribution < -0.4 is 0 Å². The Morgan fingerprint density at radius 3 is 2.77 bits per heavy atom. The zero-order valence-corrected chi connectivity index (χ0v) is 8.36. The van der Waals surface area contributed by atoms with Crippen LogP contribution in [0.5, 0.6) is 0 Å². The number of nitrogens with zero attached hydrogens (tertiary/aromatic N) is 3. The van der Waals surface area contributed by atoms with Gasteiger partial charge in [0, 0.05) is 5.70 Å². The van der Waals surface area contributed by atoms with E-state index in [1.165, 1.54) is 6.34 Å². The zero-order chi connectivity index (χ0) is 9.84. The Kier molecular flexibility index (Phi) is 3.01. The Morgan fingerprint density at radius 1 is 1.62 bits per heavy atom. The highest BCUT2D eigenvalue weighted by molar-refractivity contribution is 5.86. The molecule has 0 aliphatic carbocycles. The third-order valence-electron chi connectivity index (χ3n) is 1.86. The zero-order valence-electron chi connectivity index (χ0n) is 8.36. The molecule has 0 amide bonds. The van der Waals surface area contributed by atoms with Crippen LogP contribution in [0.25, 0.3) is 0 Å². The molecule has 3 heteroatoms. The van der Waals surface area contributed by atoms with Gasteiger partial charge in [0.15, 0.2) is 0 Å². The standard InChI is InChI=1S/C10H15N3/c1-5-10(8(2)3)13-9(4)6-11-7-12-13/h5-8H,4H2,1-3H3/b10-5-. The molecule has 70 valence electrons. The topological polar surface area (TPSA) is 28.0 Å². The van der Waals surface area contributed by atoms with Crippen molar-refractivity contribution in [2.75, 3.05) is 0 Å². The van der Waals surface area contributed by atoms with Crippen molar-refractivity contribution in [1.29, 1.82) is 0 Å². The third kappa shape index (κ3) is 2.05. The fraction of sp³-hybridized carbons (Fsp3) is 0.400. The Bertz CT molecular complexity index is 285. The van der Waals surface area contributed by atoms with Crippen molar-refractivity contribution in [3.05, 3.63) is 24.0 Å². The van der Waals surface area contributed by atoms with Crippen LogP contribution in [0.3, 0.4) is 0 Å². The summed E-state index contributed by atoms with van der Waals surface area (Å²) < 4.78 is 0. The summed E-state index contributed by atoms with van der Waals surface area (Å²) in [4.78, 5) is 3.90. The van der Waals surface area contributed by atoms with Crippen molar-refractivity contribution >= 4 is 12.6 Å². The van der Waals surface area contributed by atoms with Crippen LogP contribution in [-0.2, 0) is 0 Å². The first-order chi connectivity index (χ1) is 6.16. The molecule has 0 aromatic rings. The van der Waals surface area contributed by atoms with Crippen molar-refractivity contribution in [3.63, 3.8) is 0 Å². The lowest BCUT2D eigenvalue weighted by molar-refractivity contribution is 0.421. The molecule has 1 rings (SSSR count). The molecule has 1 aliphatic rings. The minimum absolute atomic E-state index is 0.436. The van der Waals surface area contributed by atoms with E-state index in [2.05, 4.69) is 30.5 Å². The van der Waals surface area contributed by atoms with E-state index in [1.54, 1.807) is 6.21 Å². The number of allylic oxidation sites excluding steroid dienone is 3. The van der Waals surface area contributed by atoms with Crippen LogP contribution in [0.1, 0.15) is 20.8 Å². The van der Waals surface area contributed by atoms with Gasteiger partial charge in [-0.15, -0.1) is 0 Å². The van der Waals surface area contributed by atoms with E-state index < -0.39 is 0 Å². The Labute approximate surface area is 79.2 Å². The summed E-state index contributed by atoms with van der Waals surface area (Å²) in [7, 11) is 0. The van der Waals surface area contributed by atoms with Crippen LogP contribution in [0.2, 0.25) is 0 Å². The van der Waals surface area contributed by atoms with Crippen molar-refractivity contribution in [1.82, 2.24) is 5.01 Å². The SMILES string of the molecule is C=C1C=NC=NN1/C(=C\C)C(C)C. The number of rotatable bonds is 2. The Morgan fingerprint density at radius 2 is 2.31 bits per heavy atom. The van der Waals surface area contributed by atoms with Crippen molar-refractivity contribution in [2.45, 2.75) is 20.8 Å². The predicted molar refractivity (Wildman–Crippen MR) is 56.6 cm³/mol. The van der Waals surface area contributed by atoms with Crippen molar-refractivity contribution in [2.24, 2.45) is 16.0 Å². The van der Waals surface area contributed by atoms with E-state index in [4.69, 9.17) is 0 Å². The van der Waals surface area contributed by atoms with Crippen LogP contribution >= 0.6 is 0 Å². The molecule has 0 aromatic carbocycles. The number of hydrazone groups is 1. The van der Waals surface area contributed by atoms with Gasteiger partial charge in [-0.2, -0.15) is 5.10 Å². The second kappa shape index (κ2) is 4.03. The minimum atomic E-state index is 0.436. The van der Waals surface area contributed by atoms with Gasteiger partial charge in [-0.1, -0.05) is 26.5 Å². The maximum absolute atomic E-state index is 4.15. The van der Waals surface area contributed by atoms with E-state index in [0.717, 1.165) is 11.4 Å². The molecule has 0 aromatic heterocycles. The molecule has 0 atom stereocenters. The second-order valence-electron chi connectivity index (χ2n) is 3.18. The maximum atomic E-state index is 4.15. The predicted octanol–water partition coefficient (Wildman–Crippen LogP) is 2.39. The average molecular weight is 177 g/mol. The van der Waals surface area contributed by atoms with Gasteiger partial charge >= 0.3 is 0 Å². The summed E-state index contributed by atoms with van der Waals surface area (Å²) in [6, 6.07) is 0. The van der Waals surface area contributed by atoms with E-state index in [9.17, 15) is 0 Å². The highest BCUT2D eigenvalue weighted by atomic mass is 15.5. The lowest BCUT2D eigenvalue weighted by Gasteiger charge is -2.25.